The molecular weight excluding hydrogens is 218 g/mol. The molecule has 0 aliphatic rings. The van der Waals surface area contributed by atoms with Crippen molar-refractivity contribution in [3.8, 4) is 0 Å². The molecule has 0 amide bonds. The van der Waals surface area contributed by atoms with Crippen LogP contribution in [-0.4, -0.2) is 10.8 Å². The molecule has 0 N–H and O–H groups in total. The molecule has 0 spiro atoms. The highest BCUT2D eigenvalue weighted by molar-refractivity contribution is 9.10. The Morgan fingerprint density at radius 2 is 2.33 bits per heavy atom. The number of nitrogens with zero attached hydrogens (tertiary/aromatic N) is 1. The van der Waals surface area contributed by atoms with E-state index in [0.29, 0.717) is 6.42 Å². The molecule has 1 aromatic heterocycles. The van der Waals surface area contributed by atoms with Crippen LogP contribution < -0.4 is 0 Å². The maximum Gasteiger partial charge on any atom is 0.130 e. The van der Waals surface area contributed by atoms with E-state index in [2.05, 4.69) is 20.9 Å². The summed E-state index contributed by atoms with van der Waals surface area (Å²) in [5, 5.41) is 0. The largest absolute Gasteiger partial charge is 0.300 e. The van der Waals surface area contributed by atoms with Gasteiger partial charge in [0.05, 0.1) is 0 Å². The number of hydrogen-bond donors (Lipinski definition) is 0. The van der Waals surface area contributed by atoms with Gasteiger partial charge < -0.3 is 4.79 Å². The van der Waals surface area contributed by atoms with Crippen molar-refractivity contribution in [3.63, 3.8) is 0 Å². The second kappa shape index (κ2) is 4.36. The Bertz CT molecular complexity index is 268. The first-order chi connectivity index (χ1) is 5.68. The van der Waals surface area contributed by atoms with Crippen LogP contribution in [0.15, 0.2) is 22.8 Å². The fourth-order valence-corrected chi connectivity index (χ4v) is 1.09. The van der Waals surface area contributed by atoms with Crippen molar-refractivity contribution >= 4 is 21.7 Å². The lowest BCUT2D eigenvalue weighted by atomic mass is 10.2. The Labute approximate surface area is 80.1 Å². The van der Waals surface area contributed by atoms with Crippen LogP contribution in [0.1, 0.15) is 19.0 Å². The highest BCUT2D eigenvalue weighted by Crippen LogP contribution is 2.08. The molecule has 0 aromatic carbocycles. The molecule has 0 unspecified atom stereocenters. The third-order valence-corrected chi connectivity index (χ3v) is 1.99. The molecule has 1 rings (SSSR count). The van der Waals surface area contributed by atoms with Crippen LogP contribution in [-0.2, 0) is 11.2 Å². The molecular formula is C9H10BrNO. The molecule has 1 aromatic rings. The highest BCUT2D eigenvalue weighted by atomic mass is 79.9. The standard InChI is InChI=1S/C9H10BrNO/c1-7(12)2-4-9-5-3-8(10)6-11-9/h3,5-6H,2,4H2,1H3. The predicted octanol–water partition coefficient (Wildman–Crippen LogP) is 2.37. The van der Waals surface area contributed by atoms with Gasteiger partial charge in [0.15, 0.2) is 0 Å². The van der Waals surface area contributed by atoms with Crippen molar-refractivity contribution in [2.75, 3.05) is 0 Å². The monoisotopic (exact) mass is 227 g/mol. The van der Waals surface area contributed by atoms with E-state index in [9.17, 15) is 4.79 Å². The van der Waals surface area contributed by atoms with E-state index in [1.54, 1.807) is 13.1 Å². The highest BCUT2D eigenvalue weighted by Gasteiger charge is 1.97. The summed E-state index contributed by atoms with van der Waals surface area (Å²) in [5.41, 5.74) is 0.966. The van der Waals surface area contributed by atoms with E-state index in [1.807, 2.05) is 12.1 Å². The van der Waals surface area contributed by atoms with Crippen LogP contribution in [0.2, 0.25) is 0 Å². The van der Waals surface area contributed by atoms with Crippen molar-refractivity contribution in [3.05, 3.63) is 28.5 Å². The zero-order chi connectivity index (χ0) is 8.97. The quantitative estimate of drug-likeness (QED) is 0.794. The van der Waals surface area contributed by atoms with Gasteiger partial charge in [-0.15, -0.1) is 0 Å². The topological polar surface area (TPSA) is 30.0 Å². The van der Waals surface area contributed by atoms with Gasteiger partial charge in [-0.1, -0.05) is 0 Å². The maximum atomic E-state index is 10.6. The number of halogens is 1. The predicted molar refractivity (Wildman–Crippen MR) is 50.9 cm³/mol. The fraction of sp³-hybridized carbons (Fsp3) is 0.333. The van der Waals surface area contributed by atoms with Crippen molar-refractivity contribution in [1.29, 1.82) is 0 Å². The van der Waals surface area contributed by atoms with Crippen LogP contribution in [0.25, 0.3) is 0 Å². The SMILES string of the molecule is CC(=O)CCc1ccc(Br)cn1. The molecule has 0 atom stereocenters. The van der Waals surface area contributed by atoms with E-state index in [-0.39, 0.29) is 5.78 Å². The van der Waals surface area contributed by atoms with Crippen molar-refractivity contribution < 1.29 is 4.79 Å². The van der Waals surface area contributed by atoms with Gasteiger partial charge in [-0.2, -0.15) is 0 Å². The van der Waals surface area contributed by atoms with Gasteiger partial charge in [0.25, 0.3) is 0 Å². The summed E-state index contributed by atoms with van der Waals surface area (Å²) >= 11 is 3.30. The molecule has 0 bridgehead atoms. The number of pyridine rings is 1. The average molecular weight is 228 g/mol. The normalized spacial score (nSPS) is 9.83. The smallest absolute Gasteiger partial charge is 0.130 e. The molecule has 0 saturated heterocycles. The first kappa shape index (κ1) is 9.39. The van der Waals surface area contributed by atoms with Gasteiger partial charge in [0, 0.05) is 22.8 Å². The van der Waals surface area contributed by atoms with Crippen LogP contribution in [0.4, 0.5) is 0 Å². The lowest BCUT2D eigenvalue weighted by Crippen LogP contribution is -1.95. The van der Waals surface area contributed by atoms with Crippen molar-refractivity contribution in [2.24, 2.45) is 0 Å². The summed E-state index contributed by atoms with van der Waals surface area (Å²) < 4.78 is 0.967. The van der Waals surface area contributed by atoms with E-state index in [1.165, 1.54) is 0 Å². The third-order valence-electron chi connectivity index (χ3n) is 1.52. The first-order valence-electron chi connectivity index (χ1n) is 3.78. The second-order valence-electron chi connectivity index (χ2n) is 2.67. The van der Waals surface area contributed by atoms with Gasteiger partial charge in [0.1, 0.15) is 5.78 Å². The molecule has 3 heteroatoms. The Balaban J connectivity index is 2.53. The fourth-order valence-electron chi connectivity index (χ4n) is 0.858. The Morgan fingerprint density at radius 3 is 2.83 bits per heavy atom. The minimum Gasteiger partial charge on any atom is -0.300 e. The Hall–Kier alpha value is -0.700. The Morgan fingerprint density at radius 1 is 1.58 bits per heavy atom. The summed E-state index contributed by atoms with van der Waals surface area (Å²) in [4.78, 5) is 14.8. The number of ketones is 1. The van der Waals surface area contributed by atoms with Crippen molar-refractivity contribution in [2.45, 2.75) is 19.8 Å². The molecule has 0 saturated carbocycles. The molecule has 1 heterocycles. The summed E-state index contributed by atoms with van der Waals surface area (Å²) in [6, 6.07) is 3.86. The van der Waals surface area contributed by atoms with E-state index >= 15 is 0 Å². The summed E-state index contributed by atoms with van der Waals surface area (Å²) in [6.45, 7) is 1.60. The zero-order valence-corrected chi connectivity index (χ0v) is 8.47. The number of hydrogen-bond acceptors (Lipinski definition) is 2. The molecule has 0 aliphatic heterocycles. The van der Waals surface area contributed by atoms with E-state index < -0.39 is 0 Å². The first-order valence-corrected chi connectivity index (χ1v) is 4.57. The average Bonchev–Trinajstić information content (AvgIpc) is 2.03. The maximum absolute atomic E-state index is 10.6. The summed E-state index contributed by atoms with van der Waals surface area (Å²) in [7, 11) is 0. The van der Waals surface area contributed by atoms with Crippen LogP contribution >= 0.6 is 15.9 Å². The zero-order valence-electron chi connectivity index (χ0n) is 6.88. The Kier molecular flexibility index (Phi) is 3.41. The minimum absolute atomic E-state index is 0.208. The lowest BCUT2D eigenvalue weighted by molar-refractivity contribution is -0.116. The number of aromatic nitrogens is 1. The second-order valence-corrected chi connectivity index (χ2v) is 3.59. The number of aryl methyl sites for hydroxylation is 1. The summed E-state index contributed by atoms with van der Waals surface area (Å²) in [6.07, 6.45) is 3.06. The van der Waals surface area contributed by atoms with E-state index in [0.717, 1.165) is 16.6 Å². The molecule has 0 aliphatic carbocycles. The van der Waals surface area contributed by atoms with Crippen molar-refractivity contribution in [1.82, 2.24) is 4.98 Å². The number of carbonyl (C=O) groups excluding carboxylic acids is 1. The van der Waals surface area contributed by atoms with Gasteiger partial charge in [0.2, 0.25) is 0 Å². The molecule has 2 nitrogen and oxygen atoms in total. The molecule has 0 fully saturated rings. The molecule has 0 radical (unpaired) electrons. The molecule has 64 valence electrons. The number of Topliss-reactive ketones (excluding diaryl/α,β-unsaturated/α-hetero) is 1. The summed E-state index contributed by atoms with van der Waals surface area (Å²) in [5.74, 6) is 0.208. The third kappa shape index (κ3) is 3.13. The van der Waals surface area contributed by atoms with Crippen LogP contribution in [0, 0.1) is 0 Å². The number of carbonyl (C=O) groups is 1. The molecule has 12 heavy (non-hydrogen) atoms. The number of rotatable bonds is 3. The minimum atomic E-state index is 0.208. The van der Waals surface area contributed by atoms with Gasteiger partial charge >= 0.3 is 0 Å². The van der Waals surface area contributed by atoms with E-state index in [4.69, 9.17) is 0 Å². The van der Waals surface area contributed by atoms with Gasteiger partial charge in [-0.25, -0.2) is 0 Å². The van der Waals surface area contributed by atoms with Crippen LogP contribution in [0.3, 0.4) is 0 Å². The van der Waals surface area contributed by atoms with Crippen LogP contribution in [0.5, 0.6) is 0 Å². The lowest BCUT2D eigenvalue weighted by Gasteiger charge is -1.97. The van der Waals surface area contributed by atoms with Gasteiger partial charge in [-0.3, -0.25) is 4.98 Å². The van der Waals surface area contributed by atoms with Gasteiger partial charge in [-0.05, 0) is 41.4 Å².